The van der Waals surface area contributed by atoms with Crippen LogP contribution in [0.25, 0.3) is 33.7 Å². The van der Waals surface area contributed by atoms with E-state index in [0.717, 1.165) is 19.2 Å². The van der Waals surface area contributed by atoms with Crippen molar-refractivity contribution in [3.8, 4) is 22.5 Å². The average molecular weight is 525 g/mol. The summed E-state index contributed by atoms with van der Waals surface area (Å²) < 4.78 is 40.6. The van der Waals surface area contributed by atoms with Gasteiger partial charge >= 0.3 is 6.18 Å². The predicted molar refractivity (Wildman–Crippen MR) is 139 cm³/mol. The van der Waals surface area contributed by atoms with Gasteiger partial charge in [-0.2, -0.15) is 13.2 Å². The molecule has 0 fully saturated rings. The summed E-state index contributed by atoms with van der Waals surface area (Å²) in [5, 5.41) is 2.74. The number of pyridine rings is 2. The maximum absolute atomic E-state index is 13.5. The van der Waals surface area contributed by atoms with Crippen LogP contribution >= 0.6 is 0 Å². The zero-order chi connectivity index (χ0) is 27.4. The summed E-state index contributed by atoms with van der Waals surface area (Å²) in [6.07, 6.45) is -3.40. The van der Waals surface area contributed by atoms with Gasteiger partial charge in [0.2, 0.25) is 5.43 Å². The third kappa shape index (κ3) is 5.72. The van der Waals surface area contributed by atoms with E-state index in [-0.39, 0.29) is 39.4 Å². The first-order chi connectivity index (χ1) is 18.1. The minimum Gasteiger partial charge on any atom is -0.351 e. The molecule has 1 amide bonds. The molecule has 0 spiro atoms. The number of rotatable bonds is 8. The van der Waals surface area contributed by atoms with Crippen LogP contribution in [0.2, 0.25) is 0 Å². The molecule has 0 saturated heterocycles. The zero-order valence-corrected chi connectivity index (χ0v) is 21.2. The first-order valence-electron chi connectivity index (χ1n) is 12.2. The number of benzene rings is 1. The number of aryl methyl sites for hydroxylation is 1. The van der Waals surface area contributed by atoms with Crippen molar-refractivity contribution in [3.63, 3.8) is 0 Å². The molecule has 0 radical (unpaired) electrons. The van der Waals surface area contributed by atoms with Crippen molar-refractivity contribution in [3.05, 3.63) is 75.8 Å². The Hall–Kier alpha value is -4.12. The lowest BCUT2D eigenvalue weighted by Crippen LogP contribution is -2.36. The summed E-state index contributed by atoms with van der Waals surface area (Å²) in [6.45, 7) is 8.10. The molecule has 0 unspecified atom stereocenters. The van der Waals surface area contributed by atoms with Gasteiger partial charge in [0.25, 0.3) is 5.91 Å². The van der Waals surface area contributed by atoms with Gasteiger partial charge in [0.05, 0.1) is 11.4 Å². The number of aromatic amines is 1. The highest BCUT2D eigenvalue weighted by Crippen LogP contribution is 2.34. The van der Waals surface area contributed by atoms with Gasteiger partial charge in [0.15, 0.2) is 11.2 Å². The number of likely N-dealkylation sites (N-methyl/N-ethyl adjacent to an activating group) is 1. The van der Waals surface area contributed by atoms with E-state index >= 15 is 0 Å². The Kier molecular flexibility index (Phi) is 7.86. The van der Waals surface area contributed by atoms with Crippen LogP contribution in [-0.4, -0.2) is 56.9 Å². The standard InChI is InChI=1S/C27H27F3N6O2/c1-4-36(5-2)12-11-31-26(38)19-15-32-25-23(24(19)37)34-22(21(35-25)17-9-7-6-8-10-17)18-13-16(3)33-20(14-18)27(28,29)30/h6-10,13-15H,4-5,11-12H2,1-3H3,(H,31,38)(H,32,35,37). The van der Waals surface area contributed by atoms with Gasteiger partial charge in [-0.1, -0.05) is 44.2 Å². The number of carbonyl (C=O) groups is 1. The maximum Gasteiger partial charge on any atom is 0.433 e. The fourth-order valence-electron chi connectivity index (χ4n) is 4.11. The lowest BCUT2D eigenvalue weighted by molar-refractivity contribution is -0.141. The normalized spacial score (nSPS) is 11.8. The minimum atomic E-state index is -4.67. The first-order valence-corrected chi connectivity index (χ1v) is 12.2. The van der Waals surface area contributed by atoms with Gasteiger partial charge in [-0.3, -0.25) is 9.59 Å². The number of hydrogen-bond donors (Lipinski definition) is 2. The fourth-order valence-corrected chi connectivity index (χ4v) is 4.11. The van der Waals surface area contributed by atoms with Crippen molar-refractivity contribution in [1.82, 2.24) is 30.2 Å². The summed E-state index contributed by atoms with van der Waals surface area (Å²) in [5.74, 6) is -0.574. The van der Waals surface area contributed by atoms with Crippen molar-refractivity contribution >= 4 is 17.1 Å². The third-order valence-corrected chi connectivity index (χ3v) is 6.13. The molecule has 198 valence electrons. The summed E-state index contributed by atoms with van der Waals surface area (Å²) in [6, 6.07) is 11.1. The Bertz CT molecular complexity index is 1520. The lowest BCUT2D eigenvalue weighted by atomic mass is 10.0. The molecule has 0 aliphatic carbocycles. The molecule has 0 aliphatic rings. The number of nitrogens with one attached hydrogen (secondary N) is 2. The molecular weight excluding hydrogens is 497 g/mol. The SMILES string of the molecule is CCN(CC)CCNC(=O)c1c[nH]c2nc(-c3ccccc3)c(-c3cc(C)nc(C(F)(F)F)c3)nc2c1=O. The molecule has 8 nitrogen and oxygen atoms in total. The molecule has 0 bridgehead atoms. The van der Waals surface area contributed by atoms with Gasteiger partial charge < -0.3 is 15.2 Å². The topological polar surface area (TPSA) is 104 Å². The molecule has 1 aromatic carbocycles. The number of halogens is 3. The summed E-state index contributed by atoms with van der Waals surface area (Å²) >= 11 is 0. The van der Waals surface area contributed by atoms with Crippen molar-refractivity contribution < 1.29 is 18.0 Å². The molecule has 38 heavy (non-hydrogen) atoms. The number of nitrogens with zero attached hydrogens (tertiary/aromatic N) is 4. The molecule has 0 aliphatic heterocycles. The number of alkyl halides is 3. The molecule has 11 heteroatoms. The number of amides is 1. The highest BCUT2D eigenvalue weighted by atomic mass is 19.4. The first kappa shape index (κ1) is 26.9. The molecular formula is C27H27F3N6O2. The largest absolute Gasteiger partial charge is 0.433 e. The second-order valence-electron chi connectivity index (χ2n) is 8.68. The van der Waals surface area contributed by atoms with Crippen molar-refractivity contribution in [2.75, 3.05) is 26.2 Å². The van der Waals surface area contributed by atoms with Crippen molar-refractivity contribution in [2.24, 2.45) is 0 Å². The van der Waals surface area contributed by atoms with Crippen LogP contribution in [0.4, 0.5) is 13.2 Å². The molecule has 0 saturated carbocycles. The lowest BCUT2D eigenvalue weighted by Gasteiger charge is -2.17. The predicted octanol–water partition coefficient (Wildman–Crippen LogP) is 4.45. The van der Waals surface area contributed by atoms with Crippen LogP contribution in [-0.2, 0) is 6.18 Å². The van der Waals surface area contributed by atoms with Crippen molar-refractivity contribution in [1.29, 1.82) is 0 Å². The van der Waals surface area contributed by atoms with E-state index < -0.39 is 23.2 Å². The van der Waals surface area contributed by atoms with Gasteiger partial charge in [-0.25, -0.2) is 15.0 Å². The quantitative estimate of drug-likeness (QED) is 0.353. The molecule has 0 atom stereocenters. The van der Waals surface area contributed by atoms with Crippen LogP contribution in [0.1, 0.15) is 35.6 Å². The Morgan fingerprint density at radius 3 is 2.34 bits per heavy atom. The van der Waals surface area contributed by atoms with Crippen molar-refractivity contribution in [2.45, 2.75) is 26.9 Å². The Labute approximate surface area is 217 Å². The van der Waals surface area contributed by atoms with Crippen LogP contribution in [0.15, 0.2) is 53.5 Å². The summed E-state index contributed by atoms with van der Waals surface area (Å²) in [7, 11) is 0. The number of H-pyrrole nitrogens is 1. The molecule has 2 N–H and O–H groups in total. The van der Waals surface area contributed by atoms with E-state index in [2.05, 4.69) is 30.2 Å². The van der Waals surface area contributed by atoms with Gasteiger partial charge in [-0.05, 0) is 32.1 Å². The highest BCUT2D eigenvalue weighted by Gasteiger charge is 2.33. The van der Waals surface area contributed by atoms with Crippen LogP contribution in [0, 0.1) is 6.92 Å². The van der Waals surface area contributed by atoms with Gasteiger partial charge in [0.1, 0.15) is 11.3 Å². The maximum atomic E-state index is 13.5. The minimum absolute atomic E-state index is 0.0734. The van der Waals surface area contributed by atoms with E-state index in [1.54, 1.807) is 30.3 Å². The molecule has 4 aromatic rings. The average Bonchev–Trinajstić information content (AvgIpc) is 2.90. The van der Waals surface area contributed by atoms with Crippen LogP contribution < -0.4 is 10.7 Å². The Balaban J connectivity index is 1.84. The van der Waals surface area contributed by atoms with E-state index in [1.165, 1.54) is 19.2 Å². The van der Waals surface area contributed by atoms with E-state index in [0.29, 0.717) is 18.7 Å². The van der Waals surface area contributed by atoms with Gasteiger partial charge in [0, 0.05) is 36.1 Å². The fraction of sp³-hybridized carbons (Fsp3) is 0.296. The molecule has 4 rings (SSSR count). The molecule has 3 aromatic heterocycles. The third-order valence-electron chi connectivity index (χ3n) is 6.13. The van der Waals surface area contributed by atoms with Gasteiger partial charge in [-0.15, -0.1) is 0 Å². The second-order valence-corrected chi connectivity index (χ2v) is 8.68. The van der Waals surface area contributed by atoms with E-state index in [1.807, 2.05) is 13.8 Å². The number of carbonyl (C=O) groups excluding carboxylic acids is 1. The number of hydrogen-bond acceptors (Lipinski definition) is 6. The second kappa shape index (κ2) is 11.1. The number of fused-ring (bicyclic) bond motifs is 1. The van der Waals surface area contributed by atoms with Crippen LogP contribution in [0.3, 0.4) is 0 Å². The van der Waals surface area contributed by atoms with Crippen LogP contribution in [0.5, 0.6) is 0 Å². The monoisotopic (exact) mass is 524 g/mol. The molecule has 3 heterocycles. The summed E-state index contributed by atoms with van der Waals surface area (Å²) in [4.78, 5) is 43.7. The summed E-state index contributed by atoms with van der Waals surface area (Å²) in [5.41, 5.74) is -0.771. The zero-order valence-electron chi connectivity index (χ0n) is 21.2. The smallest absolute Gasteiger partial charge is 0.351 e. The Morgan fingerprint density at radius 2 is 1.68 bits per heavy atom. The Morgan fingerprint density at radius 1 is 1.00 bits per heavy atom. The van der Waals surface area contributed by atoms with E-state index in [4.69, 9.17) is 0 Å². The number of aromatic nitrogens is 4. The highest BCUT2D eigenvalue weighted by molar-refractivity contribution is 5.96. The van der Waals surface area contributed by atoms with E-state index in [9.17, 15) is 22.8 Å².